The quantitative estimate of drug-likeness (QED) is 0.588. The third-order valence-electron chi connectivity index (χ3n) is 2.92. The molecule has 0 saturated carbocycles. The Labute approximate surface area is 109 Å². The van der Waals surface area contributed by atoms with Gasteiger partial charge in [-0.1, -0.05) is 46.8 Å². The molecule has 0 aromatic rings. The molecule has 0 fully saturated rings. The highest BCUT2D eigenvalue weighted by Gasteiger charge is 2.30. The normalized spacial score (nSPS) is 14.6. The van der Waals surface area contributed by atoms with E-state index >= 15 is 0 Å². The van der Waals surface area contributed by atoms with Gasteiger partial charge >= 0.3 is 0 Å². The summed E-state index contributed by atoms with van der Waals surface area (Å²) in [6, 6.07) is 0. The van der Waals surface area contributed by atoms with E-state index in [0.717, 1.165) is 19.3 Å². The maximum absolute atomic E-state index is 6.29. The van der Waals surface area contributed by atoms with E-state index in [1.807, 2.05) is 0 Å². The van der Waals surface area contributed by atoms with Crippen molar-refractivity contribution in [3.63, 3.8) is 0 Å². The van der Waals surface area contributed by atoms with E-state index in [1.54, 1.807) is 0 Å². The van der Waals surface area contributed by atoms with Gasteiger partial charge in [0, 0.05) is 0 Å². The van der Waals surface area contributed by atoms with Gasteiger partial charge in [-0.05, 0) is 45.4 Å². The summed E-state index contributed by atoms with van der Waals surface area (Å²) < 4.78 is 6.29. The Morgan fingerprint density at radius 2 is 1.35 bits per heavy atom. The van der Waals surface area contributed by atoms with Crippen molar-refractivity contribution < 1.29 is 4.74 Å². The summed E-state index contributed by atoms with van der Waals surface area (Å²) in [5.41, 5.74) is 0.191. The van der Waals surface area contributed by atoms with Crippen LogP contribution in [0.25, 0.3) is 0 Å². The van der Waals surface area contributed by atoms with Gasteiger partial charge in [-0.2, -0.15) is 0 Å². The maximum atomic E-state index is 6.29. The summed E-state index contributed by atoms with van der Waals surface area (Å²) in [7, 11) is 0. The lowest BCUT2D eigenvalue weighted by Gasteiger charge is -2.38. The van der Waals surface area contributed by atoms with Crippen molar-refractivity contribution in [2.24, 2.45) is 5.41 Å². The second-order valence-corrected chi connectivity index (χ2v) is 7.08. The first kappa shape index (κ1) is 16.7. The zero-order chi connectivity index (χ0) is 13.7. The van der Waals surface area contributed by atoms with Crippen molar-refractivity contribution in [2.45, 2.75) is 85.9 Å². The van der Waals surface area contributed by atoms with Gasteiger partial charge in [0.1, 0.15) is 0 Å². The fourth-order valence-corrected chi connectivity index (χ4v) is 2.00. The van der Waals surface area contributed by atoms with E-state index in [0.29, 0.717) is 0 Å². The third-order valence-corrected chi connectivity index (χ3v) is 2.92. The Hall–Kier alpha value is -0.300. The number of allylic oxidation sites excluding steroid dienone is 1. The largest absolute Gasteiger partial charge is 0.369 e. The summed E-state index contributed by atoms with van der Waals surface area (Å²) in [6.07, 6.45) is 7.72. The molecule has 0 aliphatic heterocycles. The van der Waals surface area contributed by atoms with Crippen LogP contribution in [0.4, 0.5) is 0 Å². The van der Waals surface area contributed by atoms with Crippen LogP contribution in [0.5, 0.6) is 0 Å². The highest BCUT2D eigenvalue weighted by molar-refractivity contribution is 4.97. The van der Waals surface area contributed by atoms with Gasteiger partial charge in [-0.3, -0.25) is 0 Å². The molecule has 0 heterocycles. The monoisotopic (exact) mass is 240 g/mol. The van der Waals surface area contributed by atoms with Gasteiger partial charge in [0.15, 0.2) is 0 Å². The van der Waals surface area contributed by atoms with E-state index in [1.165, 1.54) is 0 Å². The van der Waals surface area contributed by atoms with Crippen molar-refractivity contribution in [2.75, 3.05) is 0 Å². The molecule has 0 N–H and O–H groups in total. The van der Waals surface area contributed by atoms with Gasteiger partial charge in [0.2, 0.25) is 0 Å². The van der Waals surface area contributed by atoms with Crippen LogP contribution in [0.2, 0.25) is 0 Å². The lowest BCUT2D eigenvalue weighted by atomic mass is 9.89. The maximum Gasteiger partial charge on any atom is 0.0718 e. The van der Waals surface area contributed by atoms with E-state index in [4.69, 9.17) is 4.74 Å². The van der Waals surface area contributed by atoms with Crippen molar-refractivity contribution in [3.8, 4) is 0 Å². The predicted molar refractivity (Wildman–Crippen MR) is 77.4 cm³/mol. The van der Waals surface area contributed by atoms with Crippen molar-refractivity contribution >= 4 is 0 Å². The van der Waals surface area contributed by atoms with Crippen LogP contribution in [0.3, 0.4) is 0 Å². The minimum Gasteiger partial charge on any atom is -0.369 e. The van der Waals surface area contributed by atoms with Crippen molar-refractivity contribution in [1.29, 1.82) is 0 Å². The van der Waals surface area contributed by atoms with Crippen LogP contribution >= 0.6 is 0 Å². The van der Waals surface area contributed by atoms with E-state index in [2.05, 4.69) is 67.5 Å². The molecule has 1 nitrogen and oxygen atoms in total. The molecule has 102 valence electrons. The molecule has 0 rings (SSSR count). The van der Waals surface area contributed by atoms with E-state index in [9.17, 15) is 0 Å². The highest BCUT2D eigenvalue weighted by Crippen LogP contribution is 2.31. The summed E-state index contributed by atoms with van der Waals surface area (Å²) in [5.74, 6) is 0. The molecule has 0 atom stereocenters. The van der Waals surface area contributed by atoms with Gasteiger partial charge in [0.25, 0.3) is 0 Å². The van der Waals surface area contributed by atoms with Crippen LogP contribution < -0.4 is 0 Å². The molecule has 0 saturated heterocycles. The second kappa shape index (κ2) is 6.04. The van der Waals surface area contributed by atoms with E-state index < -0.39 is 0 Å². The zero-order valence-electron chi connectivity index (χ0n) is 13.2. The van der Waals surface area contributed by atoms with Gasteiger partial charge in [-0.25, -0.2) is 0 Å². The molecule has 0 aliphatic rings. The molecule has 0 radical (unpaired) electrons. The lowest BCUT2D eigenvalue weighted by Crippen LogP contribution is -2.38. The number of rotatable bonds is 5. The Bertz CT molecular complexity index is 233. The molecule has 17 heavy (non-hydrogen) atoms. The predicted octanol–water partition coefficient (Wildman–Crippen LogP) is 5.35. The second-order valence-electron chi connectivity index (χ2n) is 7.08. The zero-order valence-corrected chi connectivity index (χ0v) is 13.2. The van der Waals surface area contributed by atoms with Crippen LogP contribution in [-0.2, 0) is 4.74 Å². The first-order chi connectivity index (χ1) is 7.54. The topological polar surface area (TPSA) is 9.23 Å². The van der Waals surface area contributed by atoms with Gasteiger partial charge < -0.3 is 4.74 Å². The molecule has 0 spiro atoms. The molecule has 0 aromatic heterocycles. The Morgan fingerprint density at radius 1 is 0.882 bits per heavy atom. The minimum absolute atomic E-state index is 0. The molecule has 1 heteroatoms. The van der Waals surface area contributed by atoms with Crippen LogP contribution in [0.15, 0.2) is 12.2 Å². The fourth-order valence-electron chi connectivity index (χ4n) is 2.00. The van der Waals surface area contributed by atoms with Crippen molar-refractivity contribution in [1.82, 2.24) is 0 Å². The first-order valence-corrected chi connectivity index (χ1v) is 6.91. The Morgan fingerprint density at radius 3 is 1.65 bits per heavy atom. The number of ether oxygens (including phenoxy) is 1. The molecular weight excluding hydrogens is 208 g/mol. The molecule has 0 aliphatic carbocycles. The van der Waals surface area contributed by atoms with Gasteiger partial charge in [0.05, 0.1) is 11.2 Å². The molecule has 0 unspecified atom stereocenters. The third kappa shape index (κ3) is 7.59. The standard InChI is InChI=1S/C16H32O/c1-9-16(10-2,17-15(6,7)8)13-11-12-14(3,4)5/h11-12H,9-10,13H2,1-8H3. The summed E-state index contributed by atoms with van der Waals surface area (Å²) in [4.78, 5) is 0. The average molecular weight is 240 g/mol. The summed E-state index contributed by atoms with van der Waals surface area (Å²) >= 11 is 0. The smallest absolute Gasteiger partial charge is 0.0718 e. The first-order valence-electron chi connectivity index (χ1n) is 6.91. The SMILES string of the molecule is CCC(CC)(CC=CC(C)(C)C)OC(C)(C)C. The van der Waals surface area contributed by atoms with Crippen molar-refractivity contribution in [3.05, 3.63) is 12.2 Å². The van der Waals surface area contributed by atoms with Crippen LogP contribution in [0, 0.1) is 5.41 Å². The van der Waals surface area contributed by atoms with Crippen LogP contribution in [-0.4, -0.2) is 11.2 Å². The lowest BCUT2D eigenvalue weighted by molar-refractivity contribution is -0.134. The molecule has 0 aromatic carbocycles. The summed E-state index contributed by atoms with van der Waals surface area (Å²) in [5, 5.41) is 0. The van der Waals surface area contributed by atoms with Gasteiger partial charge in [-0.15, -0.1) is 0 Å². The molecule has 0 amide bonds. The van der Waals surface area contributed by atoms with Crippen LogP contribution in [0.1, 0.15) is 74.7 Å². The molecule has 0 bridgehead atoms. The highest BCUT2D eigenvalue weighted by atomic mass is 16.5. The van der Waals surface area contributed by atoms with E-state index in [-0.39, 0.29) is 16.6 Å². The Balaban J connectivity index is 4.68. The average Bonchev–Trinajstić information content (AvgIpc) is 2.12. The number of hydrogen-bond donors (Lipinski definition) is 0. The number of hydrogen-bond acceptors (Lipinski definition) is 1. The molecular formula is C16H32O. The fraction of sp³-hybridized carbons (Fsp3) is 0.875. The summed E-state index contributed by atoms with van der Waals surface area (Å²) in [6.45, 7) is 17.6. The Kier molecular flexibility index (Phi) is 5.93. The minimum atomic E-state index is -0.0679.